The molecule has 1 amide bonds. The van der Waals surface area contributed by atoms with Crippen molar-refractivity contribution in [1.82, 2.24) is 9.73 Å². The number of amides is 1. The van der Waals surface area contributed by atoms with Crippen LogP contribution in [0.25, 0.3) is 0 Å². The number of nitrogens with zero attached hydrogens (tertiary/aromatic N) is 2. The molecule has 1 spiro atoms. The van der Waals surface area contributed by atoms with Crippen LogP contribution >= 0.6 is 0 Å². The molecule has 1 aromatic rings. The molecule has 9 heteroatoms. The molecule has 0 radical (unpaired) electrons. The molecule has 2 aliphatic heterocycles. The minimum atomic E-state index is -3.70. The van der Waals surface area contributed by atoms with Gasteiger partial charge in [-0.1, -0.05) is 18.2 Å². The Labute approximate surface area is 165 Å². The highest BCUT2D eigenvalue weighted by atomic mass is 32.2. The Hall–Kier alpha value is -2.13. The van der Waals surface area contributed by atoms with Crippen LogP contribution in [0, 0.1) is 12.8 Å². The predicted molar refractivity (Wildman–Crippen MR) is 105 cm³/mol. The van der Waals surface area contributed by atoms with E-state index in [0.29, 0.717) is 31.7 Å². The number of carbonyl (C=O) groups excluding carboxylic acids is 1. The summed E-state index contributed by atoms with van der Waals surface area (Å²) in [5, 5.41) is 3.92. The second-order valence-corrected chi connectivity index (χ2v) is 10.1. The van der Waals surface area contributed by atoms with Crippen molar-refractivity contribution in [2.24, 2.45) is 11.0 Å². The number of nitrogens with one attached hydrogen (secondary N) is 1. The van der Waals surface area contributed by atoms with Gasteiger partial charge in [-0.2, -0.15) is 13.5 Å². The van der Waals surface area contributed by atoms with Gasteiger partial charge < -0.3 is 14.4 Å². The number of benzene rings is 1. The first-order valence-electron chi connectivity index (χ1n) is 9.22. The molecular formula is C19H27N3O5S. The van der Waals surface area contributed by atoms with E-state index in [4.69, 9.17) is 9.47 Å². The van der Waals surface area contributed by atoms with Crippen molar-refractivity contribution in [3.05, 3.63) is 29.8 Å². The molecule has 2 aliphatic rings. The maximum Gasteiger partial charge on any atom is 0.410 e. The summed E-state index contributed by atoms with van der Waals surface area (Å²) < 4.78 is 35.9. The fraction of sp³-hybridized carbons (Fsp3) is 0.579. The summed E-state index contributed by atoms with van der Waals surface area (Å²) in [5.74, 6) is -0.0136. The monoisotopic (exact) mass is 409 g/mol. The van der Waals surface area contributed by atoms with Crippen LogP contribution < -0.4 is 4.83 Å². The molecule has 0 aliphatic carbocycles. The van der Waals surface area contributed by atoms with Gasteiger partial charge >= 0.3 is 6.09 Å². The predicted octanol–water partition coefficient (Wildman–Crippen LogP) is 2.29. The molecule has 2 heterocycles. The number of hydrazone groups is 1. The molecule has 2 fully saturated rings. The average Bonchev–Trinajstić information content (AvgIpc) is 2.96. The zero-order valence-corrected chi connectivity index (χ0v) is 17.5. The van der Waals surface area contributed by atoms with Crippen LogP contribution in [-0.4, -0.2) is 56.5 Å². The molecule has 1 atom stereocenters. The van der Waals surface area contributed by atoms with Gasteiger partial charge in [0.15, 0.2) is 0 Å². The Morgan fingerprint density at radius 2 is 2.04 bits per heavy atom. The molecule has 2 saturated heterocycles. The van der Waals surface area contributed by atoms with Gasteiger partial charge in [0.25, 0.3) is 10.0 Å². The topological polar surface area (TPSA) is 97.3 Å². The summed E-state index contributed by atoms with van der Waals surface area (Å²) in [4.78, 5) is 16.1. The number of likely N-dealkylation sites (tertiary alicyclic amines) is 1. The van der Waals surface area contributed by atoms with Crippen LogP contribution in [0.3, 0.4) is 0 Å². The van der Waals surface area contributed by atoms with E-state index in [0.717, 1.165) is 0 Å². The number of rotatable bonds is 4. The zero-order valence-electron chi connectivity index (χ0n) is 16.6. The van der Waals surface area contributed by atoms with Crippen molar-refractivity contribution in [2.75, 3.05) is 19.7 Å². The summed E-state index contributed by atoms with van der Waals surface area (Å²) in [6, 6.07) is 6.74. The SMILES string of the molecule is Cc1ccccc1S(=O)(=O)NN=CC1COC2(C1)CN(C(=O)OC(C)(C)C)C2. The number of ether oxygens (including phenoxy) is 2. The van der Waals surface area contributed by atoms with Gasteiger partial charge in [-0.15, -0.1) is 0 Å². The van der Waals surface area contributed by atoms with Gasteiger partial charge in [-0.25, -0.2) is 9.63 Å². The fourth-order valence-corrected chi connectivity index (χ4v) is 4.46. The Balaban J connectivity index is 1.51. The van der Waals surface area contributed by atoms with E-state index in [1.54, 1.807) is 42.3 Å². The summed E-state index contributed by atoms with van der Waals surface area (Å²) >= 11 is 0. The normalized spacial score (nSPS) is 21.7. The van der Waals surface area contributed by atoms with E-state index in [1.165, 1.54) is 0 Å². The van der Waals surface area contributed by atoms with Crippen LogP contribution in [0.5, 0.6) is 0 Å². The average molecular weight is 410 g/mol. The van der Waals surface area contributed by atoms with Crippen molar-refractivity contribution in [2.45, 2.75) is 50.2 Å². The maximum absolute atomic E-state index is 12.3. The quantitative estimate of drug-likeness (QED) is 0.608. The van der Waals surface area contributed by atoms with Crippen molar-refractivity contribution in [3.8, 4) is 0 Å². The second kappa shape index (κ2) is 7.36. The molecule has 1 N–H and O–H groups in total. The highest BCUT2D eigenvalue weighted by molar-refractivity contribution is 7.89. The molecule has 28 heavy (non-hydrogen) atoms. The Bertz CT molecular complexity index is 870. The molecule has 8 nitrogen and oxygen atoms in total. The van der Waals surface area contributed by atoms with E-state index in [-0.39, 0.29) is 22.5 Å². The number of carbonyl (C=O) groups is 1. The van der Waals surface area contributed by atoms with Crippen LogP contribution in [0.4, 0.5) is 4.79 Å². The number of hydrogen-bond acceptors (Lipinski definition) is 6. The van der Waals surface area contributed by atoms with Gasteiger partial charge in [0.2, 0.25) is 0 Å². The molecular weight excluding hydrogens is 382 g/mol. The molecule has 0 saturated carbocycles. The molecule has 1 aromatic carbocycles. The smallest absolute Gasteiger partial charge is 0.410 e. The van der Waals surface area contributed by atoms with Crippen LogP contribution in [-0.2, 0) is 19.5 Å². The van der Waals surface area contributed by atoms with E-state index >= 15 is 0 Å². The first-order valence-corrected chi connectivity index (χ1v) is 10.7. The lowest BCUT2D eigenvalue weighted by atomic mass is 9.88. The van der Waals surface area contributed by atoms with Gasteiger partial charge in [-0.3, -0.25) is 0 Å². The lowest BCUT2D eigenvalue weighted by molar-refractivity contribution is -0.109. The van der Waals surface area contributed by atoms with Gasteiger partial charge in [0.05, 0.1) is 24.6 Å². The van der Waals surface area contributed by atoms with Crippen LogP contribution in [0.1, 0.15) is 32.8 Å². The Morgan fingerprint density at radius 3 is 2.68 bits per heavy atom. The highest BCUT2D eigenvalue weighted by Gasteiger charge is 2.51. The third-order valence-corrected chi connectivity index (χ3v) is 6.07. The van der Waals surface area contributed by atoms with Crippen LogP contribution in [0.2, 0.25) is 0 Å². The highest BCUT2D eigenvalue weighted by Crippen LogP contribution is 2.37. The summed E-state index contributed by atoms with van der Waals surface area (Å²) in [5.41, 5.74) is -0.257. The molecule has 0 aromatic heterocycles. The maximum atomic E-state index is 12.3. The zero-order chi connectivity index (χ0) is 20.6. The standard InChI is InChI=1S/C19H27N3O5S/c1-14-7-5-6-8-16(14)28(24,25)21-20-10-15-9-19(26-11-15)12-22(13-19)17(23)27-18(2,3)4/h5-8,10,15,21H,9,11-13H2,1-4H3. The fourth-order valence-electron chi connectivity index (χ4n) is 3.41. The molecule has 0 bridgehead atoms. The van der Waals surface area contributed by atoms with Crippen molar-refractivity contribution in [1.29, 1.82) is 0 Å². The van der Waals surface area contributed by atoms with Gasteiger partial charge in [-0.05, 0) is 45.7 Å². The van der Waals surface area contributed by atoms with Gasteiger partial charge in [0.1, 0.15) is 11.2 Å². The first kappa shape index (κ1) is 20.6. The third-order valence-electron chi connectivity index (χ3n) is 4.69. The van der Waals surface area contributed by atoms with Gasteiger partial charge in [0, 0.05) is 12.1 Å². The van der Waals surface area contributed by atoms with E-state index < -0.39 is 15.6 Å². The largest absolute Gasteiger partial charge is 0.444 e. The lowest BCUT2D eigenvalue weighted by Gasteiger charge is -2.46. The molecule has 3 rings (SSSR count). The van der Waals surface area contributed by atoms with Crippen LogP contribution in [0.15, 0.2) is 34.3 Å². The van der Waals surface area contributed by atoms with E-state index in [2.05, 4.69) is 9.93 Å². The summed E-state index contributed by atoms with van der Waals surface area (Å²) in [6.07, 6.45) is 1.91. The summed E-state index contributed by atoms with van der Waals surface area (Å²) in [7, 11) is -3.70. The van der Waals surface area contributed by atoms with Crippen molar-refractivity contribution < 1.29 is 22.7 Å². The Morgan fingerprint density at radius 1 is 1.36 bits per heavy atom. The number of sulfonamides is 1. The minimum absolute atomic E-state index is 0.0136. The van der Waals surface area contributed by atoms with Crippen molar-refractivity contribution >= 4 is 22.3 Å². The second-order valence-electron chi connectivity index (χ2n) is 8.43. The molecule has 1 unspecified atom stereocenters. The number of hydrogen-bond donors (Lipinski definition) is 1. The summed E-state index contributed by atoms with van der Waals surface area (Å²) in [6.45, 7) is 8.62. The minimum Gasteiger partial charge on any atom is -0.444 e. The van der Waals surface area contributed by atoms with E-state index in [1.807, 2.05) is 20.8 Å². The Kier molecular flexibility index (Phi) is 5.42. The molecule has 154 valence electrons. The third kappa shape index (κ3) is 4.64. The first-order chi connectivity index (χ1) is 13.0. The number of aryl methyl sites for hydroxylation is 1. The van der Waals surface area contributed by atoms with E-state index in [9.17, 15) is 13.2 Å². The van der Waals surface area contributed by atoms with Crippen molar-refractivity contribution in [3.63, 3.8) is 0 Å². The lowest BCUT2D eigenvalue weighted by Crippen LogP contribution is -2.63.